The molecule has 27 heavy (non-hydrogen) atoms. The summed E-state index contributed by atoms with van der Waals surface area (Å²) in [5, 5.41) is 0. The topological polar surface area (TPSA) is 43.9 Å². The third kappa shape index (κ3) is 3.94. The Kier molecular flexibility index (Phi) is 5.32. The predicted molar refractivity (Wildman–Crippen MR) is 104 cm³/mol. The van der Waals surface area contributed by atoms with Crippen LogP contribution in [0.25, 0.3) is 0 Å². The molecule has 0 N–H and O–H groups in total. The van der Waals surface area contributed by atoms with E-state index in [-0.39, 0.29) is 17.9 Å². The fourth-order valence-corrected chi connectivity index (χ4v) is 4.03. The molecule has 140 valence electrons. The summed E-state index contributed by atoms with van der Waals surface area (Å²) < 4.78 is 0. The standard InChI is InChI=1S/C22H25N3O2/c26-20-11-12-21(27)25(20)17-23-13-15-24(16-14-23)22(18-7-3-1-4-8-18)19-9-5-2-6-10-19/h1-10,22H,11-17H2. The van der Waals surface area contributed by atoms with Crippen molar-refractivity contribution in [2.45, 2.75) is 18.9 Å². The highest BCUT2D eigenvalue weighted by atomic mass is 16.2. The molecule has 2 fully saturated rings. The van der Waals surface area contributed by atoms with E-state index in [0.29, 0.717) is 19.5 Å². The van der Waals surface area contributed by atoms with E-state index in [1.54, 1.807) is 0 Å². The smallest absolute Gasteiger partial charge is 0.230 e. The summed E-state index contributed by atoms with van der Waals surface area (Å²) >= 11 is 0. The summed E-state index contributed by atoms with van der Waals surface area (Å²) in [5.41, 5.74) is 2.59. The van der Waals surface area contributed by atoms with Crippen molar-refractivity contribution < 1.29 is 9.59 Å². The number of benzene rings is 2. The molecule has 4 rings (SSSR count). The maximum atomic E-state index is 11.9. The highest BCUT2D eigenvalue weighted by Gasteiger charge is 2.32. The lowest BCUT2D eigenvalue weighted by atomic mass is 9.96. The number of carbonyl (C=O) groups excluding carboxylic acids is 2. The molecule has 0 spiro atoms. The number of imide groups is 1. The second kappa shape index (κ2) is 8.03. The van der Waals surface area contributed by atoms with Gasteiger partial charge in [0.2, 0.25) is 11.8 Å². The van der Waals surface area contributed by atoms with Crippen LogP contribution in [0.1, 0.15) is 30.0 Å². The number of hydrogen-bond donors (Lipinski definition) is 0. The molecular formula is C22H25N3O2. The molecule has 2 aromatic rings. The highest BCUT2D eigenvalue weighted by molar-refractivity contribution is 6.01. The Hall–Kier alpha value is -2.50. The molecule has 2 amide bonds. The minimum absolute atomic E-state index is 0.0334. The summed E-state index contributed by atoms with van der Waals surface area (Å²) in [4.78, 5) is 29.9. The van der Waals surface area contributed by atoms with Gasteiger partial charge in [-0.1, -0.05) is 60.7 Å². The van der Waals surface area contributed by atoms with Crippen LogP contribution in [-0.4, -0.2) is 59.4 Å². The van der Waals surface area contributed by atoms with E-state index >= 15 is 0 Å². The molecule has 0 radical (unpaired) electrons. The normalized spacial score (nSPS) is 19.2. The zero-order valence-corrected chi connectivity index (χ0v) is 15.5. The van der Waals surface area contributed by atoms with Gasteiger partial charge in [-0.2, -0.15) is 0 Å². The van der Waals surface area contributed by atoms with Crippen LogP contribution in [-0.2, 0) is 9.59 Å². The molecule has 2 aliphatic heterocycles. The van der Waals surface area contributed by atoms with Gasteiger partial charge in [-0.25, -0.2) is 0 Å². The Morgan fingerprint density at radius 3 is 1.67 bits per heavy atom. The fourth-order valence-electron chi connectivity index (χ4n) is 4.03. The average Bonchev–Trinajstić information content (AvgIpc) is 3.03. The average molecular weight is 363 g/mol. The van der Waals surface area contributed by atoms with E-state index in [4.69, 9.17) is 0 Å². The highest BCUT2D eigenvalue weighted by Crippen LogP contribution is 2.29. The summed E-state index contributed by atoms with van der Waals surface area (Å²) in [6.45, 7) is 3.96. The Labute approximate surface area is 160 Å². The Morgan fingerprint density at radius 1 is 0.704 bits per heavy atom. The number of rotatable bonds is 5. The molecule has 5 heteroatoms. The first-order valence-corrected chi connectivity index (χ1v) is 9.62. The minimum atomic E-state index is -0.0334. The SMILES string of the molecule is O=C1CCC(=O)N1CN1CCN(C(c2ccccc2)c2ccccc2)CC1. The van der Waals surface area contributed by atoms with Gasteiger partial charge in [0, 0.05) is 39.0 Å². The van der Waals surface area contributed by atoms with E-state index in [1.807, 2.05) is 12.1 Å². The summed E-state index contributed by atoms with van der Waals surface area (Å²) in [7, 11) is 0. The van der Waals surface area contributed by atoms with Gasteiger partial charge in [-0.3, -0.25) is 24.3 Å². The third-order valence-electron chi connectivity index (χ3n) is 5.50. The van der Waals surface area contributed by atoms with Crippen LogP contribution in [0.5, 0.6) is 0 Å². The Bertz CT molecular complexity index is 730. The van der Waals surface area contributed by atoms with Crippen LogP contribution in [0.2, 0.25) is 0 Å². The first kappa shape index (κ1) is 17.9. The van der Waals surface area contributed by atoms with Crippen LogP contribution in [0.4, 0.5) is 0 Å². The minimum Gasteiger partial charge on any atom is -0.290 e. The number of piperazine rings is 1. The van der Waals surface area contributed by atoms with Crippen molar-refractivity contribution in [1.82, 2.24) is 14.7 Å². The molecule has 0 saturated carbocycles. The Balaban J connectivity index is 1.46. The van der Waals surface area contributed by atoms with E-state index in [1.165, 1.54) is 16.0 Å². The maximum absolute atomic E-state index is 11.9. The van der Waals surface area contributed by atoms with Crippen molar-refractivity contribution in [3.63, 3.8) is 0 Å². The lowest BCUT2D eigenvalue weighted by molar-refractivity contribution is -0.141. The molecule has 0 aliphatic carbocycles. The largest absolute Gasteiger partial charge is 0.290 e. The Morgan fingerprint density at radius 2 is 1.19 bits per heavy atom. The van der Waals surface area contributed by atoms with Crippen molar-refractivity contribution in [3.8, 4) is 0 Å². The molecule has 2 aromatic carbocycles. The quantitative estimate of drug-likeness (QED) is 0.766. The zero-order valence-electron chi connectivity index (χ0n) is 15.5. The van der Waals surface area contributed by atoms with Gasteiger partial charge in [-0.15, -0.1) is 0 Å². The predicted octanol–water partition coefficient (Wildman–Crippen LogP) is 2.50. The fraction of sp³-hybridized carbons (Fsp3) is 0.364. The number of nitrogens with zero attached hydrogens (tertiary/aromatic N) is 3. The van der Waals surface area contributed by atoms with Crippen molar-refractivity contribution in [1.29, 1.82) is 0 Å². The van der Waals surface area contributed by atoms with Crippen LogP contribution < -0.4 is 0 Å². The molecular weight excluding hydrogens is 338 g/mol. The van der Waals surface area contributed by atoms with Crippen molar-refractivity contribution in [3.05, 3.63) is 71.8 Å². The van der Waals surface area contributed by atoms with E-state index in [0.717, 1.165) is 26.2 Å². The van der Waals surface area contributed by atoms with Gasteiger partial charge >= 0.3 is 0 Å². The van der Waals surface area contributed by atoms with Gasteiger partial charge in [0.25, 0.3) is 0 Å². The summed E-state index contributed by atoms with van der Waals surface area (Å²) in [5.74, 6) is -0.0669. The maximum Gasteiger partial charge on any atom is 0.230 e. The molecule has 0 unspecified atom stereocenters. The van der Waals surface area contributed by atoms with E-state index < -0.39 is 0 Å². The van der Waals surface area contributed by atoms with E-state index in [9.17, 15) is 9.59 Å². The van der Waals surface area contributed by atoms with Crippen LogP contribution >= 0.6 is 0 Å². The van der Waals surface area contributed by atoms with Gasteiger partial charge in [0.05, 0.1) is 12.7 Å². The number of likely N-dealkylation sites (tertiary alicyclic amines) is 1. The van der Waals surface area contributed by atoms with Gasteiger partial charge < -0.3 is 0 Å². The summed E-state index contributed by atoms with van der Waals surface area (Å²) in [6, 6.07) is 21.4. The first-order chi connectivity index (χ1) is 13.2. The molecule has 2 saturated heterocycles. The van der Waals surface area contributed by atoms with Crippen molar-refractivity contribution in [2.24, 2.45) is 0 Å². The number of amides is 2. The molecule has 0 atom stereocenters. The molecule has 2 heterocycles. The van der Waals surface area contributed by atoms with Crippen LogP contribution in [0, 0.1) is 0 Å². The van der Waals surface area contributed by atoms with Crippen LogP contribution in [0.15, 0.2) is 60.7 Å². The van der Waals surface area contributed by atoms with Crippen molar-refractivity contribution in [2.75, 3.05) is 32.8 Å². The van der Waals surface area contributed by atoms with E-state index in [2.05, 4.69) is 58.3 Å². The van der Waals surface area contributed by atoms with Crippen molar-refractivity contribution >= 4 is 11.8 Å². The zero-order chi connectivity index (χ0) is 18.6. The number of carbonyl (C=O) groups is 2. The summed E-state index contributed by atoms with van der Waals surface area (Å²) in [6.07, 6.45) is 0.728. The molecule has 0 bridgehead atoms. The number of hydrogen-bond acceptors (Lipinski definition) is 4. The third-order valence-corrected chi connectivity index (χ3v) is 5.50. The van der Waals surface area contributed by atoms with Gasteiger partial charge in [-0.05, 0) is 11.1 Å². The first-order valence-electron chi connectivity index (χ1n) is 9.62. The monoisotopic (exact) mass is 363 g/mol. The van der Waals surface area contributed by atoms with Crippen LogP contribution in [0.3, 0.4) is 0 Å². The second-order valence-corrected chi connectivity index (χ2v) is 7.23. The van der Waals surface area contributed by atoms with Gasteiger partial charge in [0.1, 0.15) is 0 Å². The second-order valence-electron chi connectivity index (χ2n) is 7.23. The lowest BCUT2D eigenvalue weighted by Crippen LogP contribution is -2.51. The van der Waals surface area contributed by atoms with Gasteiger partial charge in [0.15, 0.2) is 0 Å². The molecule has 0 aromatic heterocycles. The lowest BCUT2D eigenvalue weighted by Gasteiger charge is -2.40. The molecule has 2 aliphatic rings. The molecule has 5 nitrogen and oxygen atoms in total.